The molecule has 0 spiro atoms. The van der Waals surface area contributed by atoms with Crippen LogP contribution in [0.25, 0.3) is 0 Å². The smallest absolute Gasteiger partial charge is 0.261 e. The van der Waals surface area contributed by atoms with Crippen molar-refractivity contribution < 1.29 is 19.1 Å². The Kier molecular flexibility index (Phi) is 6.09. The van der Waals surface area contributed by atoms with Gasteiger partial charge in [-0.3, -0.25) is 19.3 Å². The van der Waals surface area contributed by atoms with Crippen LogP contribution in [0.4, 0.5) is 0 Å². The van der Waals surface area contributed by atoms with E-state index in [2.05, 4.69) is 5.32 Å². The highest BCUT2D eigenvalue weighted by Crippen LogP contribution is 2.23. The Morgan fingerprint density at radius 3 is 2.18 bits per heavy atom. The number of hydrogen-bond donors (Lipinski definition) is 1. The Morgan fingerprint density at radius 1 is 1.04 bits per heavy atom. The Labute approximate surface area is 164 Å². The lowest BCUT2D eigenvalue weighted by Crippen LogP contribution is -2.32. The van der Waals surface area contributed by atoms with E-state index in [0.29, 0.717) is 17.5 Å². The average Bonchev–Trinajstić information content (AvgIpc) is 2.97. The summed E-state index contributed by atoms with van der Waals surface area (Å²) in [7, 11) is 1.61. The van der Waals surface area contributed by atoms with Crippen molar-refractivity contribution >= 4 is 17.7 Å². The monoisotopic (exact) mass is 380 g/mol. The van der Waals surface area contributed by atoms with Gasteiger partial charge in [-0.05, 0) is 42.7 Å². The number of methoxy groups -OCH3 is 1. The first-order valence-corrected chi connectivity index (χ1v) is 9.43. The predicted octanol–water partition coefficient (Wildman–Crippen LogP) is 3.34. The standard InChI is InChI=1S/C22H24N2O4/c1-3-19(15-10-12-16(28-2)13-11-15)23-20(25)9-6-14-24-21(26)17-7-4-5-8-18(17)22(24)27/h4-5,7-8,10-13,19H,3,6,9,14H2,1-2H3,(H,23,25)/t19-/m0/s1. The van der Waals surface area contributed by atoms with Crippen LogP contribution >= 0.6 is 0 Å². The molecular formula is C22H24N2O4. The molecule has 1 heterocycles. The molecule has 6 nitrogen and oxygen atoms in total. The van der Waals surface area contributed by atoms with Crippen molar-refractivity contribution in [2.45, 2.75) is 32.2 Å². The molecule has 0 saturated carbocycles. The summed E-state index contributed by atoms with van der Waals surface area (Å²) in [5, 5.41) is 3.02. The van der Waals surface area contributed by atoms with E-state index in [1.807, 2.05) is 31.2 Å². The number of benzene rings is 2. The van der Waals surface area contributed by atoms with E-state index in [0.717, 1.165) is 17.7 Å². The second-order valence-electron chi connectivity index (χ2n) is 6.71. The van der Waals surface area contributed by atoms with E-state index < -0.39 is 0 Å². The van der Waals surface area contributed by atoms with E-state index >= 15 is 0 Å². The highest BCUT2D eigenvalue weighted by molar-refractivity contribution is 6.21. The van der Waals surface area contributed by atoms with E-state index in [9.17, 15) is 14.4 Å². The Bertz CT molecular complexity index is 841. The van der Waals surface area contributed by atoms with Crippen LogP contribution in [0.1, 0.15) is 58.5 Å². The van der Waals surface area contributed by atoms with Gasteiger partial charge >= 0.3 is 0 Å². The Hall–Kier alpha value is -3.15. The van der Waals surface area contributed by atoms with Crippen molar-refractivity contribution in [2.24, 2.45) is 0 Å². The summed E-state index contributed by atoms with van der Waals surface area (Å²) >= 11 is 0. The van der Waals surface area contributed by atoms with Crippen LogP contribution < -0.4 is 10.1 Å². The highest BCUT2D eigenvalue weighted by atomic mass is 16.5. The molecule has 0 unspecified atom stereocenters. The molecular weight excluding hydrogens is 356 g/mol. The molecule has 0 aliphatic carbocycles. The van der Waals surface area contributed by atoms with Crippen LogP contribution in [0.5, 0.6) is 5.75 Å². The topological polar surface area (TPSA) is 75.7 Å². The van der Waals surface area contributed by atoms with Gasteiger partial charge in [-0.15, -0.1) is 0 Å². The van der Waals surface area contributed by atoms with Crippen molar-refractivity contribution in [3.8, 4) is 5.75 Å². The van der Waals surface area contributed by atoms with E-state index in [-0.39, 0.29) is 36.7 Å². The zero-order valence-corrected chi connectivity index (χ0v) is 16.1. The average molecular weight is 380 g/mol. The van der Waals surface area contributed by atoms with Gasteiger partial charge in [0, 0.05) is 13.0 Å². The number of hydrogen-bond acceptors (Lipinski definition) is 4. The van der Waals surface area contributed by atoms with Gasteiger partial charge in [0.05, 0.1) is 24.3 Å². The third-order valence-corrected chi connectivity index (χ3v) is 4.93. The minimum Gasteiger partial charge on any atom is -0.497 e. The molecule has 1 aliphatic heterocycles. The molecule has 0 saturated heterocycles. The van der Waals surface area contributed by atoms with Crippen molar-refractivity contribution in [1.29, 1.82) is 0 Å². The molecule has 28 heavy (non-hydrogen) atoms. The Morgan fingerprint density at radius 2 is 1.64 bits per heavy atom. The maximum atomic E-state index is 12.3. The second-order valence-corrected chi connectivity index (χ2v) is 6.71. The van der Waals surface area contributed by atoms with Crippen molar-refractivity contribution in [2.75, 3.05) is 13.7 Å². The number of nitrogens with zero attached hydrogens (tertiary/aromatic N) is 1. The lowest BCUT2D eigenvalue weighted by atomic mass is 10.0. The van der Waals surface area contributed by atoms with Gasteiger partial charge < -0.3 is 10.1 Å². The van der Waals surface area contributed by atoms with Gasteiger partial charge in [0.2, 0.25) is 5.91 Å². The van der Waals surface area contributed by atoms with E-state index in [1.54, 1.807) is 31.4 Å². The van der Waals surface area contributed by atoms with Gasteiger partial charge in [-0.2, -0.15) is 0 Å². The van der Waals surface area contributed by atoms with Crippen molar-refractivity contribution in [3.63, 3.8) is 0 Å². The van der Waals surface area contributed by atoms with Gasteiger partial charge in [0.1, 0.15) is 5.75 Å². The molecule has 0 fully saturated rings. The molecule has 6 heteroatoms. The summed E-state index contributed by atoms with van der Waals surface area (Å²) in [6, 6.07) is 14.3. The maximum Gasteiger partial charge on any atom is 0.261 e. The number of ether oxygens (including phenoxy) is 1. The second kappa shape index (κ2) is 8.69. The Balaban J connectivity index is 1.51. The lowest BCUT2D eigenvalue weighted by molar-refractivity contribution is -0.122. The number of carbonyl (C=O) groups excluding carboxylic acids is 3. The van der Waals surface area contributed by atoms with Gasteiger partial charge in [-0.1, -0.05) is 31.2 Å². The number of amides is 3. The molecule has 0 radical (unpaired) electrons. The van der Waals surface area contributed by atoms with Gasteiger partial charge in [0.25, 0.3) is 11.8 Å². The fraction of sp³-hybridized carbons (Fsp3) is 0.318. The zero-order valence-electron chi connectivity index (χ0n) is 16.1. The van der Waals surface area contributed by atoms with Gasteiger partial charge in [0.15, 0.2) is 0 Å². The molecule has 1 aliphatic rings. The fourth-order valence-corrected chi connectivity index (χ4v) is 3.36. The summed E-state index contributed by atoms with van der Waals surface area (Å²) < 4.78 is 5.16. The predicted molar refractivity (Wildman–Crippen MR) is 105 cm³/mol. The molecule has 3 amide bonds. The number of imide groups is 1. The number of rotatable bonds is 8. The van der Waals surface area contributed by atoms with Crippen LogP contribution in [-0.4, -0.2) is 36.3 Å². The molecule has 1 atom stereocenters. The zero-order chi connectivity index (χ0) is 20.1. The van der Waals surface area contributed by atoms with Crippen LogP contribution in [0.15, 0.2) is 48.5 Å². The summed E-state index contributed by atoms with van der Waals surface area (Å²) in [4.78, 5) is 38.2. The summed E-state index contributed by atoms with van der Waals surface area (Å²) in [6.07, 6.45) is 1.44. The van der Waals surface area contributed by atoms with E-state index in [4.69, 9.17) is 4.74 Å². The van der Waals surface area contributed by atoms with Crippen molar-refractivity contribution in [1.82, 2.24) is 10.2 Å². The molecule has 2 aromatic carbocycles. The molecule has 3 rings (SSSR count). The number of carbonyl (C=O) groups is 3. The maximum absolute atomic E-state index is 12.3. The molecule has 146 valence electrons. The van der Waals surface area contributed by atoms with Crippen LogP contribution in [-0.2, 0) is 4.79 Å². The van der Waals surface area contributed by atoms with E-state index in [1.165, 1.54) is 4.90 Å². The largest absolute Gasteiger partial charge is 0.497 e. The van der Waals surface area contributed by atoms with Crippen molar-refractivity contribution in [3.05, 3.63) is 65.2 Å². The summed E-state index contributed by atoms with van der Waals surface area (Å²) in [5.74, 6) is 0.0986. The third-order valence-electron chi connectivity index (χ3n) is 4.93. The quantitative estimate of drug-likeness (QED) is 0.713. The van der Waals surface area contributed by atoms with Crippen LogP contribution in [0, 0.1) is 0 Å². The first-order valence-electron chi connectivity index (χ1n) is 9.43. The van der Waals surface area contributed by atoms with Crippen LogP contribution in [0.3, 0.4) is 0 Å². The first kappa shape index (κ1) is 19.6. The minimum atomic E-state index is -0.286. The number of fused-ring (bicyclic) bond motifs is 1. The highest BCUT2D eigenvalue weighted by Gasteiger charge is 2.34. The summed E-state index contributed by atoms with van der Waals surface area (Å²) in [6.45, 7) is 2.24. The molecule has 0 bridgehead atoms. The number of nitrogens with one attached hydrogen (secondary N) is 1. The fourth-order valence-electron chi connectivity index (χ4n) is 3.36. The lowest BCUT2D eigenvalue weighted by Gasteiger charge is -2.18. The normalized spacial score (nSPS) is 14.0. The van der Waals surface area contributed by atoms with Crippen LogP contribution in [0.2, 0.25) is 0 Å². The molecule has 0 aromatic heterocycles. The van der Waals surface area contributed by atoms with Gasteiger partial charge in [-0.25, -0.2) is 0 Å². The SMILES string of the molecule is CC[C@H](NC(=O)CCCN1C(=O)c2ccccc2C1=O)c1ccc(OC)cc1. The first-order chi connectivity index (χ1) is 13.5. The molecule has 2 aromatic rings. The minimum absolute atomic E-state index is 0.0855. The molecule has 1 N–H and O–H groups in total. The third kappa shape index (κ3) is 4.06. The summed E-state index contributed by atoms with van der Waals surface area (Å²) in [5.41, 5.74) is 1.88.